The van der Waals surface area contributed by atoms with Gasteiger partial charge in [-0.1, -0.05) is 0 Å². The molecule has 4 nitrogen and oxygen atoms in total. The van der Waals surface area contributed by atoms with Gasteiger partial charge in [-0.3, -0.25) is 0 Å². The molecule has 1 aromatic rings. The summed E-state index contributed by atoms with van der Waals surface area (Å²) in [5, 5.41) is 3.26. The zero-order chi connectivity index (χ0) is 10.7. The van der Waals surface area contributed by atoms with E-state index in [1.165, 1.54) is 0 Å². The summed E-state index contributed by atoms with van der Waals surface area (Å²) in [5.41, 5.74) is 0.989. The Hall–Kier alpha value is -1.16. The summed E-state index contributed by atoms with van der Waals surface area (Å²) in [6.07, 6.45) is 3.25. The third-order valence-electron chi connectivity index (χ3n) is 2.85. The third-order valence-corrected chi connectivity index (χ3v) is 2.85. The van der Waals surface area contributed by atoms with Gasteiger partial charge in [0, 0.05) is 31.0 Å². The van der Waals surface area contributed by atoms with E-state index >= 15 is 0 Å². The highest BCUT2D eigenvalue weighted by atomic mass is 16.5. The summed E-state index contributed by atoms with van der Waals surface area (Å²) < 4.78 is 5.50. The van der Waals surface area contributed by atoms with Crippen LogP contribution in [-0.4, -0.2) is 29.2 Å². The summed E-state index contributed by atoms with van der Waals surface area (Å²) in [5.74, 6) is 1.29. The van der Waals surface area contributed by atoms with E-state index in [1.54, 1.807) is 6.20 Å². The molecule has 0 amide bonds. The minimum atomic E-state index is 0.349. The van der Waals surface area contributed by atoms with E-state index in [-0.39, 0.29) is 0 Å². The van der Waals surface area contributed by atoms with Gasteiger partial charge in [-0.05, 0) is 26.3 Å². The summed E-state index contributed by atoms with van der Waals surface area (Å²) in [4.78, 5) is 8.46. The maximum atomic E-state index is 5.50. The second kappa shape index (κ2) is 4.57. The lowest BCUT2D eigenvalue weighted by Gasteiger charge is -2.14. The molecule has 0 radical (unpaired) electrons. The van der Waals surface area contributed by atoms with Crippen molar-refractivity contribution in [1.82, 2.24) is 9.97 Å². The zero-order valence-corrected chi connectivity index (χ0v) is 9.23. The van der Waals surface area contributed by atoms with Gasteiger partial charge in [0.1, 0.15) is 0 Å². The van der Waals surface area contributed by atoms with E-state index < -0.39 is 0 Å². The highest BCUT2D eigenvalue weighted by Crippen LogP contribution is 2.20. The first-order valence-electron chi connectivity index (χ1n) is 5.41. The second-order valence-corrected chi connectivity index (χ2v) is 4.03. The average Bonchev–Trinajstić information content (AvgIpc) is 2.61. The monoisotopic (exact) mass is 207 g/mol. The summed E-state index contributed by atoms with van der Waals surface area (Å²) in [6.45, 7) is 5.86. The average molecular weight is 207 g/mol. The standard InChI is InChI=1S/C11H17N3O/c1-8-3-5-12-11(14-8)13-7-10-4-6-15-9(10)2/h3,5,9-10H,4,6-7H2,1-2H3,(H,12,13,14). The van der Waals surface area contributed by atoms with Crippen LogP contribution in [0.15, 0.2) is 12.3 Å². The molecule has 0 saturated carbocycles. The quantitative estimate of drug-likeness (QED) is 0.818. The van der Waals surface area contributed by atoms with Crippen molar-refractivity contribution in [2.75, 3.05) is 18.5 Å². The molecule has 1 fully saturated rings. The van der Waals surface area contributed by atoms with Gasteiger partial charge >= 0.3 is 0 Å². The predicted octanol–water partition coefficient (Wildman–Crippen LogP) is 1.62. The van der Waals surface area contributed by atoms with Crippen molar-refractivity contribution in [2.24, 2.45) is 5.92 Å². The van der Waals surface area contributed by atoms with Crippen LogP contribution in [0.2, 0.25) is 0 Å². The Morgan fingerprint density at radius 3 is 3.13 bits per heavy atom. The van der Waals surface area contributed by atoms with E-state index in [4.69, 9.17) is 4.74 Å². The maximum absolute atomic E-state index is 5.50. The number of nitrogens with one attached hydrogen (secondary N) is 1. The van der Waals surface area contributed by atoms with E-state index in [9.17, 15) is 0 Å². The lowest BCUT2D eigenvalue weighted by molar-refractivity contribution is 0.108. The van der Waals surface area contributed by atoms with Crippen molar-refractivity contribution >= 4 is 5.95 Å². The topological polar surface area (TPSA) is 47.0 Å². The van der Waals surface area contributed by atoms with Gasteiger partial charge in [-0.25, -0.2) is 9.97 Å². The Morgan fingerprint density at radius 1 is 1.60 bits per heavy atom. The fraction of sp³-hybridized carbons (Fsp3) is 0.636. The Morgan fingerprint density at radius 2 is 2.47 bits per heavy atom. The summed E-state index contributed by atoms with van der Waals surface area (Å²) >= 11 is 0. The number of aryl methyl sites for hydroxylation is 1. The molecule has 2 atom stereocenters. The second-order valence-electron chi connectivity index (χ2n) is 4.03. The first kappa shape index (κ1) is 10.4. The van der Waals surface area contributed by atoms with E-state index in [0.717, 1.165) is 25.3 Å². The first-order chi connectivity index (χ1) is 7.25. The number of nitrogens with zero attached hydrogens (tertiary/aromatic N) is 2. The predicted molar refractivity (Wildman–Crippen MR) is 58.8 cm³/mol. The van der Waals surface area contributed by atoms with Gasteiger partial charge in [-0.2, -0.15) is 0 Å². The SMILES string of the molecule is Cc1ccnc(NCC2CCOC2C)n1. The number of hydrogen-bond acceptors (Lipinski definition) is 4. The van der Waals surface area contributed by atoms with Gasteiger partial charge in [0.15, 0.2) is 0 Å². The fourth-order valence-corrected chi connectivity index (χ4v) is 1.80. The minimum Gasteiger partial charge on any atom is -0.378 e. The molecule has 1 aromatic heterocycles. The fourth-order valence-electron chi connectivity index (χ4n) is 1.80. The highest BCUT2D eigenvalue weighted by molar-refractivity contribution is 5.24. The van der Waals surface area contributed by atoms with Crippen molar-refractivity contribution in [1.29, 1.82) is 0 Å². The molecular weight excluding hydrogens is 190 g/mol. The van der Waals surface area contributed by atoms with Crippen LogP contribution in [0.1, 0.15) is 19.0 Å². The lowest BCUT2D eigenvalue weighted by Crippen LogP contribution is -2.21. The van der Waals surface area contributed by atoms with Gasteiger partial charge in [0.25, 0.3) is 0 Å². The van der Waals surface area contributed by atoms with E-state index in [2.05, 4.69) is 22.2 Å². The van der Waals surface area contributed by atoms with Crippen molar-refractivity contribution in [3.63, 3.8) is 0 Å². The Labute approximate surface area is 90.1 Å². The maximum Gasteiger partial charge on any atom is 0.222 e. The zero-order valence-electron chi connectivity index (χ0n) is 9.23. The molecule has 2 rings (SSSR count). The van der Waals surface area contributed by atoms with E-state index in [0.29, 0.717) is 18.0 Å². The molecule has 1 saturated heterocycles. The number of rotatable bonds is 3. The molecule has 0 spiro atoms. The molecule has 0 aliphatic carbocycles. The number of hydrogen-bond donors (Lipinski definition) is 1. The molecule has 1 aliphatic heterocycles. The summed E-state index contributed by atoms with van der Waals surface area (Å²) in [6, 6.07) is 1.90. The van der Waals surface area contributed by atoms with Gasteiger partial charge in [-0.15, -0.1) is 0 Å². The number of aromatic nitrogens is 2. The Kier molecular flexibility index (Phi) is 3.16. The van der Waals surface area contributed by atoms with Crippen LogP contribution in [0, 0.1) is 12.8 Å². The first-order valence-corrected chi connectivity index (χ1v) is 5.41. The molecule has 15 heavy (non-hydrogen) atoms. The van der Waals surface area contributed by atoms with Crippen LogP contribution in [0.5, 0.6) is 0 Å². The molecule has 2 heterocycles. The number of anilines is 1. The molecule has 0 aromatic carbocycles. The van der Waals surface area contributed by atoms with Gasteiger partial charge < -0.3 is 10.1 Å². The van der Waals surface area contributed by atoms with Crippen LogP contribution in [-0.2, 0) is 4.74 Å². The van der Waals surface area contributed by atoms with Gasteiger partial charge in [0.2, 0.25) is 5.95 Å². The van der Waals surface area contributed by atoms with Crippen LogP contribution in [0.4, 0.5) is 5.95 Å². The Bertz CT molecular complexity index is 329. The third kappa shape index (κ3) is 2.65. The molecule has 1 N–H and O–H groups in total. The minimum absolute atomic E-state index is 0.349. The molecular formula is C11H17N3O. The molecule has 1 aliphatic rings. The van der Waals surface area contributed by atoms with Crippen molar-refractivity contribution < 1.29 is 4.74 Å². The van der Waals surface area contributed by atoms with Crippen LogP contribution in [0.25, 0.3) is 0 Å². The van der Waals surface area contributed by atoms with Crippen molar-refractivity contribution in [2.45, 2.75) is 26.4 Å². The smallest absolute Gasteiger partial charge is 0.222 e. The van der Waals surface area contributed by atoms with Crippen molar-refractivity contribution in [3.8, 4) is 0 Å². The van der Waals surface area contributed by atoms with Crippen LogP contribution < -0.4 is 5.32 Å². The highest BCUT2D eigenvalue weighted by Gasteiger charge is 2.23. The lowest BCUT2D eigenvalue weighted by atomic mass is 10.0. The molecule has 0 bridgehead atoms. The summed E-state index contributed by atoms with van der Waals surface area (Å²) in [7, 11) is 0. The Balaban J connectivity index is 1.87. The molecule has 2 unspecified atom stereocenters. The molecule has 4 heteroatoms. The van der Waals surface area contributed by atoms with Crippen LogP contribution >= 0.6 is 0 Å². The normalized spacial score (nSPS) is 25.5. The van der Waals surface area contributed by atoms with Crippen molar-refractivity contribution in [3.05, 3.63) is 18.0 Å². The van der Waals surface area contributed by atoms with Crippen LogP contribution in [0.3, 0.4) is 0 Å². The van der Waals surface area contributed by atoms with E-state index in [1.807, 2.05) is 13.0 Å². The molecule has 82 valence electrons. The number of ether oxygens (including phenoxy) is 1. The largest absolute Gasteiger partial charge is 0.378 e. The van der Waals surface area contributed by atoms with Gasteiger partial charge in [0.05, 0.1) is 6.10 Å².